The van der Waals surface area contributed by atoms with Crippen LogP contribution in [-0.4, -0.2) is 55.1 Å². The van der Waals surface area contributed by atoms with Crippen molar-refractivity contribution in [1.82, 2.24) is 15.1 Å². The topological polar surface area (TPSA) is 43.2 Å². The Morgan fingerprint density at radius 2 is 2.31 bits per heavy atom. The zero-order valence-corrected chi connectivity index (χ0v) is 8.28. The number of nitrogens with one attached hydrogen (secondary N) is 1. The number of aliphatic imine (C=N–C) groups is 2. The molecule has 2 rings (SSSR count). The maximum Gasteiger partial charge on any atom is 0.202 e. The molecule has 0 aromatic heterocycles. The Kier molecular flexibility index (Phi) is 1.86. The summed E-state index contributed by atoms with van der Waals surface area (Å²) < 4.78 is 0. The fourth-order valence-electron chi connectivity index (χ4n) is 1.54. The molecule has 0 bridgehead atoms. The Morgan fingerprint density at radius 3 is 3.00 bits per heavy atom. The quantitative estimate of drug-likeness (QED) is 0.549. The van der Waals surface area contributed by atoms with Crippen LogP contribution in [0, 0.1) is 0 Å². The summed E-state index contributed by atoms with van der Waals surface area (Å²) in [6.45, 7) is 3.95. The van der Waals surface area contributed by atoms with Crippen LogP contribution in [0.5, 0.6) is 0 Å². The van der Waals surface area contributed by atoms with Crippen LogP contribution in [0.1, 0.15) is 6.92 Å². The van der Waals surface area contributed by atoms with Gasteiger partial charge in [0.05, 0.1) is 6.54 Å². The Labute approximate surface area is 78.1 Å². The van der Waals surface area contributed by atoms with Crippen LogP contribution < -0.4 is 5.32 Å². The zero-order valence-electron chi connectivity index (χ0n) is 8.28. The van der Waals surface area contributed by atoms with E-state index in [-0.39, 0.29) is 6.17 Å². The predicted molar refractivity (Wildman–Crippen MR) is 52.7 cm³/mol. The van der Waals surface area contributed by atoms with Gasteiger partial charge in [0, 0.05) is 20.6 Å². The van der Waals surface area contributed by atoms with Crippen molar-refractivity contribution < 1.29 is 0 Å². The smallest absolute Gasteiger partial charge is 0.202 e. The molecular formula is C8H15N5. The van der Waals surface area contributed by atoms with Crippen LogP contribution in [0.15, 0.2) is 9.98 Å². The van der Waals surface area contributed by atoms with Crippen LogP contribution in [0.25, 0.3) is 0 Å². The summed E-state index contributed by atoms with van der Waals surface area (Å²) in [5.74, 6) is 1.86. The van der Waals surface area contributed by atoms with Crippen LogP contribution in [0.3, 0.4) is 0 Å². The highest BCUT2D eigenvalue weighted by Gasteiger charge is 2.27. The van der Waals surface area contributed by atoms with Crippen molar-refractivity contribution in [1.29, 1.82) is 0 Å². The first kappa shape index (κ1) is 8.34. The molecule has 13 heavy (non-hydrogen) atoms. The maximum atomic E-state index is 4.50. The standard InChI is InChI=1S/C8H15N5/c1-6-10-8(12(2)3)11-7-9-4-5-13(6)7/h6H,4-5H2,1-3H3,(H,9,10,11). The number of nitrogens with zero attached hydrogens (tertiary/aromatic N) is 4. The molecule has 0 aromatic carbocycles. The maximum absolute atomic E-state index is 4.50. The Morgan fingerprint density at radius 1 is 1.54 bits per heavy atom. The summed E-state index contributed by atoms with van der Waals surface area (Å²) in [4.78, 5) is 13.0. The van der Waals surface area contributed by atoms with Crippen molar-refractivity contribution in [3.63, 3.8) is 0 Å². The molecule has 2 heterocycles. The van der Waals surface area contributed by atoms with E-state index in [1.807, 2.05) is 19.0 Å². The number of hydrogen-bond acceptors (Lipinski definition) is 5. The highest BCUT2D eigenvalue weighted by atomic mass is 15.5. The van der Waals surface area contributed by atoms with Crippen LogP contribution in [0.4, 0.5) is 0 Å². The van der Waals surface area contributed by atoms with E-state index in [4.69, 9.17) is 0 Å². The third-order valence-electron chi connectivity index (χ3n) is 2.28. The molecule has 5 heteroatoms. The van der Waals surface area contributed by atoms with Gasteiger partial charge in [-0.25, -0.2) is 4.99 Å². The molecule has 0 aromatic rings. The third-order valence-corrected chi connectivity index (χ3v) is 2.28. The molecule has 0 aliphatic carbocycles. The molecular weight excluding hydrogens is 166 g/mol. The lowest BCUT2D eigenvalue weighted by Crippen LogP contribution is -2.54. The number of guanidine groups is 2. The van der Waals surface area contributed by atoms with E-state index in [9.17, 15) is 0 Å². The Bertz CT molecular complexity index is 268. The summed E-state index contributed by atoms with van der Waals surface area (Å²) in [7, 11) is 3.95. The van der Waals surface area contributed by atoms with E-state index in [0.717, 1.165) is 25.0 Å². The SMILES string of the molecule is CC1N=C(N(C)C)NC2=NCCN21. The highest BCUT2D eigenvalue weighted by molar-refractivity contribution is 6.00. The summed E-state index contributed by atoms with van der Waals surface area (Å²) in [5.41, 5.74) is 0. The normalized spacial score (nSPS) is 26.1. The third kappa shape index (κ3) is 1.34. The lowest BCUT2D eigenvalue weighted by atomic mass is 10.4. The van der Waals surface area contributed by atoms with E-state index in [2.05, 4.69) is 27.1 Å². The van der Waals surface area contributed by atoms with Gasteiger partial charge in [-0.1, -0.05) is 0 Å². The summed E-state index contributed by atoms with van der Waals surface area (Å²) >= 11 is 0. The van der Waals surface area contributed by atoms with Gasteiger partial charge in [-0.3, -0.25) is 10.3 Å². The van der Waals surface area contributed by atoms with E-state index >= 15 is 0 Å². The molecule has 2 aliphatic rings. The second-order valence-electron chi connectivity index (χ2n) is 3.50. The molecule has 0 fully saturated rings. The van der Waals surface area contributed by atoms with E-state index in [1.165, 1.54) is 0 Å². The van der Waals surface area contributed by atoms with Gasteiger partial charge in [0.1, 0.15) is 6.17 Å². The van der Waals surface area contributed by atoms with E-state index in [0.29, 0.717) is 0 Å². The average Bonchev–Trinajstić information content (AvgIpc) is 2.51. The van der Waals surface area contributed by atoms with Gasteiger partial charge >= 0.3 is 0 Å². The molecule has 0 spiro atoms. The summed E-state index contributed by atoms with van der Waals surface area (Å²) in [6, 6.07) is 0. The van der Waals surface area contributed by atoms with Gasteiger partial charge in [-0.2, -0.15) is 0 Å². The van der Waals surface area contributed by atoms with Crippen molar-refractivity contribution in [3.8, 4) is 0 Å². The molecule has 1 unspecified atom stereocenters. The van der Waals surface area contributed by atoms with Gasteiger partial charge in [0.15, 0.2) is 0 Å². The number of fused-ring (bicyclic) bond motifs is 1. The van der Waals surface area contributed by atoms with Gasteiger partial charge in [0.25, 0.3) is 0 Å². The van der Waals surface area contributed by atoms with Gasteiger partial charge < -0.3 is 9.80 Å². The predicted octanol–water partition coefficient (Wildman–Crippen LogP) is -0.475. The minimum atomic E-state index is 0.208. The van der Waals surface area contributed by atoms with Crippen LogP contribution in [0.2, 0.25) is 0 Å². The second-order valence-corrected chi connectivity index (χ2v) is 3.50. The first-order chi connectivity index (χ1) is 6.18. The molecule has 1 N–H and O–H groups in total. The average molecular weight is 181 g/mol. The van der Waals surface area contributed by atoms with E-state index < -0.39 is 0 Å². The summed E-state index contributed by atoms with van der Waals surface area (Å²) in [5, 5.41) is 3.20. The molecule has 72 valence electrons. The van der Waals surface area contributed by atoms with Gasteiger partial charge in [0.2, 0.25) is 11.9 Å². The molecule has 0 saturated heterocycles. The lowest BCUT2D eigenvalue weighted by molar-refractivity contribution is 0.344. The fraction of sp³-hybridized carbons (Fsp3) is 0.750. The van der Waals surface area contributed by atoms with Gasteiger partial charge in [-0.15, -0.1) is 0 Å². The first-order valence-electron chi connectivity index (χ1n) is 4.52. The van der Waals surface area contributed by atoms with Crippen LogP contribution >= 0.6 is 0 Å². The first-order valence-corrected chi connectivity index (χ1v) is 4.52. The number of rotatable bonds is 0. The van der Waals surface area contributed by atoms with E-state index in [1.54, 1.807) is 0 Å². The van der Waals surface area contributed by atoms with Gasteiger partial charge in [-0.05, 0) is 6.92 Å². The summed E-state index contributed by atoms with van der Waals surface area (Å²) in [6.07, 6.45) is 0.208. The Hall–Kier alpha value is -1.26. The minimum absolute atomic E-state index is 0.208. The molecule has 2 aliphatic heterocycles. The van der Waals surface area contributed by atoms with Crippen molar-refractivity contribution >= 4 is 11.9 Å². The largest absolute Gasteiger partial charge is 0.349 e. The van der Waals surface area contributed by atoms with Crippen molar-refractivity contribution in [2.45, 2.75) is 13.1 Å². The monoisotopic (exact) mass is 181 g/mol. The fourth-order valence-corrected chi connectivity index (χ4v) is 1.54. The highest BCUT2D eigenvalue weighted by Crippen LogP contribution is 2.11. The second kappa shape index (κ2) is 2.90. The molecule has 0 saturated carbocycles. The molecule has 1 atom stereocenters. The van der Waals surface area contributed by atoms with Crippen molar-refractivity contribution in [3.05, 3.63) is 0 Å². The lowest BCUT2D eigenvalue weighted by Gasteiger charge is -2.32. The molecule has 0 amide bonds. The minimum Gasteiger partial charge on any atom is -0.349 e. The Balaban J connectivity index is 2.22. The van der Waals surface area contributed by atoms with Crippen LogP contribution in [-0.2, 0) is 0 Å². The zero-order chi connectivity index (χ0) is 9.42. The van der Waals surface area contributed by atoms with Crippen molar-refractivity contribution in [2.75, 3.05) is 27.2 Å². The van der Waals surface area contributed by atoms with Crippen molar-refractivity contribution in [2.24, 2.45) is 9.98 Å². The number of hydrogen-bond donors (Lipinski definition) is 1. The molecule has 5 nitrogen and oxygen atoms in total. The molecule has 0 radical (unpaired) electrons.